The van der Waals surface area contributed by atoms with Crippen LogP contribution in [0.15, 0.2) is 40.8 Å². The summed E-state index contributed by atoms with van der Waals surface area (Å²) in [6, 6.07) is 10.7. The van der Waals surface area contributed by atoms with E-state index in [2.05, 4.69) is 4.98 Å². The summed E-state index contributed by atoms with van der Waals surface area (Å²) < 4.78 is 5.64. The lowest BCUT2D eigenvalue weighted by Gasteiger charge is -1.96. The zero-order valence-electron chi connectivity index (χ0n) is 9.55. The molecule has 3 rings (SSSR count). The number of fused-ring (bicyclic) bond motifs is 1. The van der Waals surface area contributed by atoms with Crippen molar-refractivity contribution in [1.82, 2.24) is 4.98 Å². The largest absolute Gasteiger partial charge is 0.436 e. The predicted molar refractivity (Wildman–Crippen MR) is 72.7 cm³/mol. The second kappa shape index (κ2) is 3.66. The molecule has 0 bridgehead atoms. The van der Waals surface area contributed by atoms with Gasteiger partial charge in [-0.15, -0.1) is 0 Å². The molecule has 1 aromatic heterocycles. The van der Waals surface area contributed by atoms with E-state index in [1.54, 1.807) is 24.3 Å². The molecule has 0 amide bonds. The van der Waals surface area contributed by atoms with Crippen molar-refractivity contribution in [3.63, 3.8) is 0 Å². The molecule has 0 aliphatic carbocycles. The molecule has 0 atom stereocenters. The molecule has 0 fully saturated rings. The number of nitrogens with two attached hydrogens (primary N) is 3. The summed E-state index contributed by atoms with van der Waals surface area (Å²) in [4.78, 5) is 4.37. The lowest BCUT2D eigenvalue weighted by Crippen LogP contribution is -1.93. The van der Waals surface area contributed by atoms with Crippen molar-refractivity contribution in [2.75, 3.05) is 17.2 Å². The van der Waals surface area contributed by atoms with Crippen LogP contribution in [0.2, 0.25) is 0 Å². The number of benzene rings is 2. The van der Waals surface area contributed by atoms with Crippen molar-refractivity contribution in [3.05, 3.63) is 36.4 Å². The fourth-order valence-electron chi connectivity index (χ4n) is 1.75. The SMILES string of the molecule is Nc1ccc(-c2nc3cc(N)c(N)cc3o2)cc1. The van der Waals surface area contributed by atoms with Crippen LogP contribution in [-0.2, 0) is 0 Å². The summed E-state index contributed by atoms with van der Waals surface area (Å²) in [5.74, 6) is 0.523. The van der Waals surface area contributed by atoms with Crippen LogP contribution >= 0.6 is 0 Å². The minimum Gasteiger partial charge on any atom is -0.436 e. The lowest BCUT2D eigenvalue weighted by atomic mass is 10.2. The number of anilines is 3. The lowest BCUT2D eigenvalue weighted by molar-refractivity contribution is 0.620. The minimum atomic E-state index is 0.488. The second-order valence-corrected chi connectivity index (χ2v) is 4.09. The molecular formula is C13H12N4O. The molecule has 0 radical (unpaired) electrons. The molecule has 3 aromatic rings. The Labute approximate surface area is 103 Å². The number of aromatic nitrogens is 1. The molecule has 0 unspecified atom stereocenters. The van der Waals surface area contributed by atoms with Crippen LogP contribution in [0.1, 0.15) is 0 Å². The van der Waals surface area contributed by atoms with Crippen LogP contribution in [0, 0.1) is 0 Å². The Balaban J connectivity index is 2.16. The van der Waals surface area contributed by atoms with Gasteiger partial charge in [-0.1, -0.05) is 0 Å². The topological polar surface area (TPSA) is 104 Å². The predicted octanol–water partition coefficient (Wildman–Crippen LogP) is 2.24. The molecule has 5 nitrogen and oxygen atoms in total. The van der Waals surface area contributed by atoms with Crippen LogP contribution in [0.4, 0.5) is 17.1 Å². The summed E-state index contributed by atoms with van der Waals surface area (Å²) in [5.41, 5.74) is 20.9. The van der Waals surface area contributed by atoms with Gasteiger partial charge in [-0.05, 0) is 30.3 Å². The Morgan fingerprint density at radius 1 is 0.889 bits per heavy atom. The fraction of sp³-hybridized carbons (Fsp3) is 0. The van der Waals surface area contributed by atoms with Gasteiger partial charge in [0.2, 0.25) is 5.89 Å². The Kier molecular flexibility index (Phi) is 2.13. The molecule has 90 valence electrons. The average molecular weight is 240 g/mol. The summed E-state index contributed by atoms with van der Waals surface area (Å²) >= 11 is 0. The van der Waals surface area contributed by atoms with Gasteiger partial charge in [-0.3, -0.25) is 0 Å². The number of rotatable bonds is 1. The average Bonchev–Trinajstić information content (AvgIpc) is 2.73. The van der Waals surface area contributed by atoms with E-state index in [-0.39, 0.29) is 0 Å². The van der Waals surface area contributed by atoms with E-state index < -0.39 is 0 Å². The molecule has 0 aliphatic rings. The van der Waals surface area contributed by atoms with E-state index >= 15 is 0 Å². The van der Waals surface area contributed by atoms with Crippen molar-refractivity contribution in [1.29, 1.82) is 0 Å². The third-order valence-corrected chi connectivity index (χ3v) is 2.75. The van der Waals surface area contributed by atoms with E-state index in [1.165, 1.54) is 0 Å². The first-order chi connectivity index (χ1) is 8.63. The molecule has 0 aliphatic heterocycles. The zero-order valence-corrected chi connectivity index (χ0v) is 9.55. The summed E-state index contributed by atoms with van der Waals surface area (Å²) in [6.45, 7) is 0. The van der Waals surface area contributed by atoms with Crippen molar-refractivity contribution in [3.8, 4) is 11.5 Å². The molecule has 1 heterocycles. The van der Waals surface area contributed by atoms with E-state index in [0.29, 0.717) is 34.1 Å². The molecule has 0 saturated heterocycles. The first-order valence-corrected chi connectivity index (χ1v) is 5.45. The van der Waals surface area contributed by atoms with Crippen LogP contribution in [0.3, 0.4) is 0 Å². The summed E-state index contributed by atoms with van der Waals surface area (Å²) in [7, 11) is 0. The van der Waals surface area contributed by atoms with Crippen LogP contribution in [0.25, 0.3) is 22.6 Å². The fourth-order valence-corrected chi connectivity index (χ4v) is 1.75. The number of oxazole rings is 1. The normalized spacial score (nSPS) is 10.9. The number of nitrogens with zero attached hydrogens (tertiary/aromatic N) is 1. The molecule has 6 N–H and O–H groups in total. The van der Waals surface area contributed by atoms with Gasteiger partial charge < -0.3 is 21.6 Å². The van der Waals surface area contributed by atoms with Gasteiger partial charge in [0.1, 0.15) is 5.52 Å². The molecule has 0 saturated carbocycles. The first-order valence-electron chi connectivity index (χ1n) is 5.45. The molecule has 2 aromatic carbocycles. The van der Waals surface area contributed by atoms with Gasteiger partial charge in [-0.25, -0.2) is 4.98 Å². The quantitative estimate of drug-likeness (QED) is 0.566. The first kappa shape index (κ1) is 10.5. The van der Waals surface area contributed by atoms with Gasteiger partial charge >= 0.3 is 0 Å². The molecule has 5 heteroatoms. The van der Waals surface area contributed by atoms with E-state index in [1.807, 2.05) is 12.1 Å². The van der Waals surface area contributed by atoms with Gasteiger partial charge in [0.25, 0.3) is 0 Å². The number of hydrogen-bond donors (Lipinski definition) is 3. The van der Waals surface area contributed by atoms with Gasteiger partial charge in [0, 0.05) is 17.3 Å². The highest BCUT2D eigenvalue weighted by Gasteiger charge is 2.09. The Bertz CT molecular complexity index is 677. The van der Waals surface area contributed by atoms with Crippen LogP contribution in [0.5, 0.6) is 0 Å². The van der Waals surface area contributed by atoms with Crippen molar-refractivity contribution >= 4 is 28.2 Å². The highest BCUT2D eigenvalue weighted by Crippen LogP contribution is 2.28. The third kappa shape index (κ3) is 1.62. The third-order valence-electron chi connectivity index (χ3n) is 2.75. The maximum absolute atomic E-state index is 5.73. The standard InChI is InChI=1S/C13H12N4O/c14-8-3-1-7(2-4-8)13-17-11-5-9(15)10(16)6-12(11)18-13/h1-6H,14-16H2. The number of hydrogen-bond acceptors (Lipinski definition) is 5. The van der Waals surface area contributed by atoms with Crippen molar-refractivity contribution < 1.29 is 4.42 Å². The van der Waals surface area contributed by atoms with E-state index in [4.69, 9.17) is 21.6 Å². The smallest absolute Gasteiger partial charge is 0.227 e. The highest BCUT2D eigenvalue weighted by molar-refractivity contribution is 5.85. The molecule has 0 spiro atoms. The molecular weight excluding hydrogens is 228 g/mol. The monoisotopic (exact) mass is 240 g/mol. The second-order valence-electron chi connectivity index (χ2n) is 4.09. The van der Waals surface area contributed by atoms with E-state index in [9.17, 15) is 0 Å². The maximum Gasteiger partial charge on any atom is 0.227 e. The Hall–Kier alpha value is -2.69. The minimum absolute atomic E-state index is 0.488. The Morgan fingerprint density at radius 2 is 1.56 bits per heavy atom. The zero-order chi connectivity index (χ0) is 12.7. The number of nitrogen functional groups attached to an aromatic ring is 3. The summed E-state index contributed by atoms with van der Waals surface area (Å²) in [6.07, 6.45) is 0. The maximum atomic E-state index is 5.73. The molecule has 18 heavy (non-hydrogen) atoms. The van der Waals surface area contributed by atoms with Gasteiger partial charge in [-0.2, -0.15) is 0 Å². The summed E-state index contributed by atoms with van der Waals surface area (Å²) in [5, 5.41) is 0. The Morgan fingerprint density at radius 3 is 2.28 bits per heavy atom. The van der Waals surface area contributed by atoms with Crippen molar-refractivity contribution in [2.24, 2.45) is 0 Å². The highest BCUT2D eigenvalue weighted by atomic mass is 16.3. The van der Waals surface area contributed by atoms with Crippen LogP contribution < -0.4 is 17.2 Å². The van der Waals surface area contributed by atoms with Crippen LogP contribution in [-0.4, -0.2) is 4.98 Å². The van der Waals surface area contributed by atoms with Gasteiger partial charge in [0.15, 0.2) is 5.58 Å². The van der Waals surface area contributed by atoms with E-state index in [0.717, 1.165) is 5.56 Å². The van der Waals surface area contributed by atoms with Crippen molar-refractivity contribution in [2.45, 2.75) is 0 Å². The van der Waals surface area contributed by atoms with Gasteiger partial charge in [0.05, 0.1) is 11.4 Å².